The fraction of sp³-hybridized carbons (Fsp3) is 0.333. The molecule has 0 bridgehead atoms. The number of rotatable bonds is 8. The van der Waals surface area contributed by atoms with Crippen molar-refractivity contribution in [3.05, 3.63) is 59.2 Å². The van der Waals surface area contributed by atoms with Crippen LogP contribution in [-0.2, 0) is 28.6 Å². The molecule has 0 saturated carbocycles. The highest BCUT2D eigenvalue weighted by Gasteiger charge is 2.14. The fourth-order valence-electron chi connectivity index (χ4n) is 2.39. The second-order valence-electron chi connectivity index (χ2n) is 5.49. The van der Waals surface area contributed by atoms with E-state index in [2.05, 4.69) is 0 Å². The van der Waals surface area contributed by atoms with Gasteiger partial charge in [0.25, 0.3) is 0 Å². The predicted molar refractivity (Wildman–Crippen MR) is 93.1 cm³/mol. The van der Waals surface area contributed by atoms with Crippen LogP contribution in [0.2, 0.25) is 0 Å². The minimum atomic E-state index is -3.24. The number of aliphatic hydroxyl groups is 1. The summed E-state index contributed by atoms with van der Waals surface area (Å²) >= 11 is 0. The summed E-state index contributed by atoms with van der Waals surface area (Å²) in [7, 11) is -0.121. The van der Waals surface area contributed by atoms with E-state index in [-0.39, 0.29) is 18.1 Å². The molecule has 0 aliphatic carbocycles. The first-order chi connectivity index (χ1) is 11.5. The molecule has 0 fully saturated rings. The zero-order valence-electron chi connectivity index (χ0n) is 13.9. The molecule has 5 nitrogen and oxygen atoms in total. The first kappa shape index (κ1) is 18.3. The Morgan fingerprint density at radius 2 is 1.62 bits per heavy atom. The summed E-state index contributed by atoms with van der Waals surface area (Å²) in [5, 5.41) is 9.02. The molecular weight excluding hydrogens is 328 g/mol. The van der Waals surface area contributed by atoms with Gasteiger partial charge in [0.2, 0.25) is 0 Å². The van der Waals surface area contributed by atoms with E-state index in [0.29, 0.717) is 23.5 Å². The molecule has 2 rings (SSSR count). The topological polar surface area (TPSA) is 72.8 Å². The summed E-state index contributed by atoms with van der Waals surface area (Å²) in [5.41, 5.74) is 2.31. The summed E-state index contributed by atoms with van der Waals surface area (Å²) in [6, 6.07) is 12.3. The van der Waals surface area contributed by atoms with E-state index < -0.39 is 9.84 Å². The van der Waals surface area contributed by atoms with Crippen LogP contribution in [0.5, 0.6) is 11.5 Å². The molecule has 2 aromatic carbocycles. The highest BCUT2D eigenvalue weighted by molar-refractivity contribution is 7.90. The van der Waals surface area contributed by atoms with E-state index in [4.69, 9.17) is 14.6 Å². The number of hydrogen-bond donors (Lipinski definition) is 1. The van der Waals surface area contributed by atoms with Crippen molar-refractivity contribution in [2.75, 3.05) is 20.0 Å². The molecule has 6 heteroatoms. The normalized spacial score (nSPS) is 11.3. The van der Waals surface area contributed by atoms with Crippen LogP contribution in [0.1, 0.15) is 16.7 Å². The van der Waals surface area contributed by atoms with Gasteiger partial charge in [0.15, 0.2) is 9.84 Å². The van der Waals surface area contributed by atoms with E-state index in [1.165, 1.54) is 0 Å². The lowest BCUT2D eigenvalue weighted by molar-refractivity contribution is 0.282. The molecule has 0 spiro atoms. The monoisotopic (exact) mass is 350 g/mol. The number of methoxy groups -OCH3 is 2. The first-order valence-corrected chi connectivity index (χ1v) is 9.39. The highest BCUT2D eigenvalue weighted by Crippen LogP contribution is 2.25. The number of ether oxygens (including phenoxy) is 2. The number of aliphatic hydroxyl groups excluding tert-OH is 1. The van der Waals surface area contributed by atoms with Crippen LogP contribution in [0, 0.1) is 0 Å². The standard InChI is InChI=1S/C18H22O5S/c1-22-17-8-7-16(18(11-17)23-2)9-10-24(20,21)13-15-5-3-14(12-19)4-6-15/h3-8,11,19H,9-10,12-13H2,1-2H3. The number of hydrogen-bond acceptors (Lipinski definition) is 5. The Hall–Kier alpha value is -2.05. The minimum absolute atomic E-state index is 0.0167. The van der Waals surface area contributed by atoms with Gasteiger partial charge in [0, 0.05) is 6.07 Å². The van der Waals surface area contributed by atoms with Crippen molar-refractivity contribution in [2.45, 2.75) is 18.8 Å². The van der Waals surface area contributed by atoms with Crippen molar-refractivity contribution < 1.29 is 23.0 Å². The summed E-state index contributed by atoms with van der Waals surface area (Å²) in [4.78, 5) is 0. The van der Waals surface area contributed by atoms with Crippen LogP contribution in [0.4, 0.5) is 0 Å². The zero-order chi connectivity index (χ0) is 17.6. The van der Waals surface area contributed by atoms with Gasteiger partial charge in [0.1, 0.15) is 11.5 Å². The second kappa shape index (κ2) is 8.17. The second-order valence-corrected chi connectivity index (χ2v) is 7.68. The molecular formula is C18H22O5S. The van der Waals surface area contributed by atoms with Crippen LogP contribution < -0.4 is 9.47 Å². The van der Waals surface area contributed by atoms with Gasteiger partial charge in [-0.05, 0) is 29.2 Å². The Balaban J connectivity index is 2.04. The molecule has 1 N–H and O–H groups in total. The van der Waals surface area contributed by atoms with E-state index in [0.717, 1.165) is 11.1 Å². The maximum Gasteiger partial charge on any atom is 0.154 e. The summed E-state index contributed by atoms with van der Waals surface area (Å²) in [5.74, 6) is 1.31. The molecule has 0 heterocycles. The maximum absolute atomic E-state index is 12.3. The summed E-state index contributed by atoms with van der Waals surface area (Å²) in [6.07, 6.45) is 0.379. The van der Waals surface area contributed by atoms with E-state index >= 15 is 0 Å². The molecule has 0 aliphatic heterocycles. The Bertz CT molecular complexity index is 766. The summed E-state index contributed by atoms with van der Waals surface area (Å²) < 4.78 is 35.1. The molecule has 0 atom stereocenters. The fourth-order valence-corrected chi connectivity index (χ4v) is 3.77. The van der Waals surface area contributed by atoms with Crippen molar-refractivity contribution in [3.63, 3.8) is 0 Å². The average Bonchev–Trinajstić information content (AvgIpc) is 2.60. The number of sulfone groups is 1. The first-order valence-electron chi connectivity index (χ1n) is 7.57. The third kappa shape index (κ3) is 4.97. The van der Waals surface area contributed by atoms with Gasteiger partial charge in [-0.3, -0.25) is 0 Å². The molecule has 0 aromatic heterocycles. The van der Waals surface area contributed by atoms with E-state index in [1.54, 1.807) is 50.6 Å². The van der Waals surface area contributed by atoms with Crippen LogP contribution in [0.25, 0.3) is 0 Å². The van der Waals surface area contributed by atoms with Crippen LogP contribution >= 0.6 is 0 Å². The number of aryl methyl sites for hydroxylation is 1. The third-order valence-electron chi connectivity index (χ3n) is 3.77. The lowest BCUT2D eigenvalue weighted by Gasteiger charge is -2.11. The van der Waals surface area contributed by atoms with Crippen LogP contribution in [0.15, 0.2) is 42.5 Å². The lowest BCUT2D eigenvalue weighted by Crippen LogP contribution is -2.12. The van der Waals surface area contributed by atoms with Crippen LogP contribution in [0.3, 0.4) is 0 Å². The highest BCUT2D eigenvalue weighted by atomic mass is 32.2. The lowest BCUT2D eigenvalue weighted by atomic mass is 10.1. The zero-order valence-corrected chi connectivity index (χ0v) is 14.7. The Morgan fingerprint density at radius 1 is 0.958 bits per heavy atom. The molecule has 24 heavy (non-hydrogen) atoms. The smallest absolute Gasteiger partial charge is 0.154 e. The molecule has 0 aliphatic rings. The van der Waals surface area contributed by atoms with Crippen molar-refractivity contribution in [3.8, 4) is 11.5 Å². The maximum atomic E-state index is 12.3. The minimum Gasteiger partial charge on any atom is -0.497 e. The van der Waals surface area contributed by atoms with Gasteiger partial charge in [0.05, 0.1) is 32.3 Å². The predicted octanol–water partition coefficient (Wildman–Crippen LogP) is 2.35. The van der Waals surface area contributed by atoms with Gasteiger partial charge >= 0.3 is 0 Å². The number of benzene rings is 2. The van der Waals surface area contributed by atoms with Crippen molar-refractivity contribution in [2.24, 2.45) is 0 Å². The molecule has 2 aromatic rings. The Morgan fingerprint density at radius 3 is 2.21 bits per heavy atom. The molecule has 0 radical (unpaired) electrons. The SMILES string of the molecule is COc1ccc(CCS(=O)(=O)Cc2ccc(CO)cc2)c(OC)c1. The van der Waals surface area contributed by atoms with Gasteiger partial charge < -0.3 is 14.6 Å². The summed E-state index contributed by atoms with van der Waals surface area (Å²) in [6.45, 7) is -0.0513. The molecule has 0 saturated heterocycles. The van der Waals surface area contributed by atoms with Crippen LogP contribution in [-0.4, -0.2) is 33.5 Å². The Kier molecular flexibility index (Phi) is 6.23. The third-order valence-corrected chi connectivity index (χ3v) is 5.37. The average molecular weight is 350 g/mol. The van der Waals surface area contributed by atoms with E-state index in [1.807, 2.05) is 6.07 Å². The molecule has 0 amide bonds. The van der Waals surface area contributed by atoms with Gasteiger partial charge in [-0.2, -0.15) is 0 Å². The quantitative estimate of drug-likeness (QED) is 0.791. The Labute approximate surface area is 142 Å². The van der Waals surface area contributed by atoms with Gasteiger partial charge in [-0.15, -0.1) is 0 Å². The van der Waals surface area contributed by atoms with E-state index in [9.17, 15) is 8.42 Å². The largest absolute Gasteiger partial charge is 0.497 e. The molecule has 130 valence electrons. The van der Waals surface area contributed by atoms with Gasteiger partial charge in [-0.1, -0.05) is 30.3 Å². The van der Waals surface area contributed by atoms with Gasteiger partial charge in [-0.25, -0.2) is 8.42 Å². The molecule has 0 unspecified atom stereocenters. The van der Waals surface area contributed by atoms with Crippen molar-refractivity contribution >= 4 is 9.84 Å². The van der Waals surface area contributed by atoms with Crippen molar-refractivity contribution in [1.82, 2.24) is 0 Å². The van der Waals surface area contributed by atoms with Crippen molar-refractivity contribution in [1.29, 1.82) is 0 Å².